The van der Waals surface area contributed by atoms with Crippen molar-refractivity contribution in [1.29, 1.82) is 0 Å². The fourth-order valence-corrected chi connectivity index (χ4v) is 7.65. The molecule has 11 nitrogen and oxygen atoms in total. The minimum Gasteiger partial charge on any atom is -0.493 e. The first kappa shape index (κ1) is 30.4. The Morgan fingerprint density at radius 3 is 2.48 bits per heavy atom. The number of sulfonamides is 1. The number of carbonyl (C=O) groups is 2. The van der Waals surface area contributed by atoms with Gasteiger partial charge in [-0.15, -0.1) is 0 Å². The molecule has 2 saturated heterocycles. The average molecular weight is 582 g/mol. The fourth-order valence-electron chi connectivity index (χ4n) is 6.11. The Morgan fingerprint density at radius 2 is 1.88 bits per heavy atom. The van der Waals surface area contributed by atoms with Gasteiger partial charge in [0.15, 0.2) is 11.5 Å². The fraction of sp³-hybridized carbons (Fsp3) is 0.714. The Bertz CT molecular complexity index is 1150. The van der Waals surface area contributed by atoms with Gasteiger partial charge in [0.05, 0.1) is 25.3 Å². The lowest BCUT2D eigenvalue weighted by molar-refractivity contribution is -0.143. The van der Waals surface area contributed by atoms with Gasteiger partial charge in [0.25, 0.3) is 0 Å². The molecular weight excluding hydrogens is 538 g/mol. The number of hydrogen-bond acceptors (Lipinski definition) is 8. The van der Waals surface area contributed by atoms with Crippen molar-refractivity contribution >= 4 is 21.9 Å². The number of amides is 1. The van der Waals surface area contributed by atoms with Crippen LogP contribution in [0.3, 0.4) is 0 Å². The first-order valence-electron chi connectivity index (χ1n) is 14.4. The van der Waals surface area contributed by atoms with Crippen LogP contribution in [-0.2, 0) is 19.6 Å². The maximum atomic E-state index is 13.6. The van der Waals surface area contributed by atoms with E-state index >= 15 is 0 Å². The highest BCUT2D eigenvalue weighted by molar-refractivity contribution is 7.89. The molecule has 224 valence electrons. The number of aliphatic carboxylic acids is 1. The van der Waals surface area contributed by atoms with Gasteiger partial charge in [0.2, 0.25) is 28.5 Å². The molecule has 1 aromatic rings. The molecule has 0 radical (unpaired) electrons. The summed E-state index contributed by atoms with van der Waals surface area (Å²) < 4.78 is 43.1. The van der Waals surface area contributed by atoms with Crippen LogP contribution in [0.1, 0.15) is 63.9 Å². The van der Waals surface area contributed by atoms with Gasteiger partial charge in [-0.2, -0.15) is 0 Å². The van der Waals surface area contributed by atoms with Crippen molar-refractivity contribution in [2.75, 3.05) is 58.9 Å². The van der Waals surface area contributed by atoms with Crippen molar-refractivity contribution in [3.05, 3.63) is 17.7 Å². The summed E-state index contributed by atoms with van der Waals surface area (Å²) in [6.45, 7) is 6.69. The second kappa shape index (κ2) is 13.4. The zero-order valence-corrected chi connectivity index (χ0v) is 24.7. The van der Waals surface area contributed by atoms with E-state index in [-0.39, 0.29) is 31.5 Å². The van der Waals surface area contributed by atoms with Crippen molar-refractivity contribution in [2.24, 2.45) is 5.92 Å². The van der Waals surface area contributed by atoms with Crippen LogP contribution < -0.4 is 14.2 Å². The predicted molar refractivity (Wildman–Crippen MR) is 149 cm³/mol. The lowest BCUT2D eigenvalue weighted by Gasteiger charge is -2.30. The lowest BCUT2D eigenvalue weighted by Crippen LogP contribution is -2.45. The number of ether oxygens (including phenoxy) is 3. The second-order valence-electron chi connectivity index (χ2n) is 10.9. The second-order valence-corrected chi connectivity index (χ2v) is 13.0. The molecule has 0 aliphatic carbocycles. The molecular formula is C28H43N3O8S. The van der Waals surface area contributed by atoms with Crippen molar-refractivity contribution in [1.82, 2.24) is 14.1 Å². The smallest absolute Gasteiger partial charge is 0.308 e. The first-order chi connectivity index (χ1) is 19.2. The monoisotopic (exact) mass is 581 g/mol. The third-order valence-corrected chi connectivity index (χ3v) is 10.2. The van der Waals surface area contributed by atoms with Gasteiger partial charge in [0, 0.05) is 44.7 Å². The third-order valence-electron chi connectivity index (χ3n) is 8.27. The maximum absolute atomic E-state index is 13.6. The van der Waals surface area contributed by atoms with Crippen LogP contribution in [0.5, 0.6) is 17.2 Å². The summed E-state index contributed by atoms with van der Waals surface area (Å²) in [5.41, 5.74) is 0.732. The van der Waals surface area contributed by atoms with E-state index in [0.717, 1.165) is 31.2 Å². The summed E-state index contributed by atoms with van der Waals surface area (Å²) in [5, 5.41) is 10.5. The lowest BCUT2D eigenvalue weighted by atomic mass is 9.84. The van der Waals surface area contributed by atoms with Crippen LogP contribution in [-0.4, -0.2) is 104 Å². The predicted octanol–water partition coefficient (Wildman–Crippen LogP) is 2.75. The molecule has 1 unspecified atom stereocenters. The van der Waals surface area contributed by atoms with Gasteiger partial charge in [-0.1, -0.05) is 26.7 Å². The van der Waals surface area contributed by atoms with E-state index in [9.17, 15) is 23.1 Å². The van der Waals surface area contributed by atoms with Gasteiger partial charge in [-0.25, -0.2) is 12.7 Å². The summed E-state index contributed by atoms with van der Waals surface area (Å²) in [7, 11) is -1.80. The molecule has 1 amide bonds. The molecule has 12 heteroatoms. The Hall–Kier alpha value is -2.57. The number of carboxylic acids is 1. The van der Waals surface area contributed by atoms with Gasteiger partial charge in [-0.05, 0) is 43.4 Å². The van der Waals surface area contributed by atoms with E-state index in [4.69, 9.17) is 14.2 Å². The Morgan fingerprint density at radius 1 is 1.15 bits per heavy atom. The highest BCUT2D eigenvalue weighted by Crippen LogP contribution is 2.47. The molecule has 0 bridgehead atoms. The molecule has 4 rings (SSSR count). The van der Waals surface area contributed by atoms with E-state index in [1.807, 2.05) is 9.80 Å². The summed E-state index contributed by atoms with van der Waals surface area (Å²) in [6, 6.07) is 3.07. The van der Waals surface area contributed by atoms with E-state index in [2.05, 4.69) is 13.8 Å². The van der Waals surface area contributed by atoms with Crippen molar-refractivity contribution in [2.45, 2.75) is 64.3 Å². The molecule has 1 N–H and O–H groups in total. The summed E-state index contributed by atoms with van der Waals surface area (Å²) in [4.78, 5) is 30.2. The molecule has 2 fully saturated rings. The average Bonchev–Trinajstić information content (AvgIpc) is 3.63. The number of carboxylic acid groups (broad SMARTS) is 1. The molecule has 0 aromatic heterocycles. The molecule has 3 heterocycles. The Labute approximate surface area is 237 Å². The molecule has 3 atom stereocenters. The van der Waals surface area contributed by atoms with Crippen LogP contribution in [0.4, 0.5) is 0 Å². The molecule has 3 aliphatic heterocycles. The van der Waals surface area contributed by atoms with Crippen LogP contribution in [0.2, 0.25) is 0 Å². The van der Waals surface area contributed by atoms with Gasteiger partial charge < -0.3 is 24.2 Å². The highest BCUT2D eigenvalue weighted by atomic mass is 32.2. The summed E-state index contributed by atoms with van der Waals surface area (Å²) in [6.07, 6.45) is 4.65. The van der Waals surface area contributed by atoms with Gasteiger partial charge >= 0.3 is 5.97 Å². The number of benzene rings is 1. The minimum atomic E-state index is -3.33. The standard InChI is InChI=1S/C28H43N3O8S/c1-4-6-10-29(11-7-5-2)25(32)18-30-17-21(20-15-23(37-3)27-24(16-20)38-19-39-27)26(28(33)34)22(30)9-13-31-12-8-14-40(31,35)36/h15-16,21-22,26H,4-14,17-19H2,1-3H3,(H,33,34)/t21-,22+,26?/m1/s1. The quantitative estimate of drug-likeness (QED) is 0.353. The van der Waals surface area contributed by atoms with Gasteiger partial charge in [-0.3, -0.25) is 14.5 Å². The van der Waals surface area contributed by atoms with Crippen LogP contribution >= 0.6 is 0 Å². The number of likely N-dealkylation sites (tertiary alicyclic amines) is 1. The zero-order chi connectivity index (χ0) is 28.9. The molecule has 0 saturated carbocycles. The number of fused-ring (bicyclic) bond motifs is 1. The number of carbonyl (C=O) groups excluding carboxylic acids is 1. The number of nitrogens with zero attached hydrogens (tertiary/aromatic N) is 3. The topological polar surface area (TPSA) is 126 Å². The number of hydrogen-bond donors (Lipinski definition) is 1. The highest BCUT2D eigenvalue weighted by Gasteiger charge is 2.48. The molecule has 1 aromatic carbocycles. The SMILES string of the molecule is CCCCN(CCCC)C(=O)CN1C[C@H](c2cc(OC)c3c(c2)OCO3)C(C(=O)O)[C@@H]1CCN1CCCS1(=O)=O. The Kier molecular flexibility index (Phi) is 10.2. The number of rotatable bonds is 14. The third kappa shape index (κ3) is 6.66. The van der Waals surface area contributed by atoms with Crippen molar-refractivity contribution in [3.63, 3.8) is 0 Å². The van der Waals surface area contributed by atoms with Crippen LogP contribution in [0, 0.1) is 5.92 Å². The van der Waals surface area contributed by atoms with E-state index < -0.39 is 33.9 Å². The first-order valence-corrected chi connectivity index (χ1v) is 16.0. The van der Waals surface area contributed by atoms with Crippen molar-refractivity contribution in [3.8, 4) is 17.2 Å². The van der Waals surface area contributed by atoms with Crippen molar-refractivity contribution < 1.29 is 37.3 Å². The largest absolute Gasteiger partial charge is 0.493 e. The van der Waals surface area contributed by atoms with Gasteiger partial charge in [0.1, 0.15) is 0 Å². The number of unbranched alkanes of at least 4 members (excludes halogenated alkanes) is 2. The van der Waals surface area contributed by atoms with E-state index in [1.165, 1.54) is 11.4 Å². The molecule has 40 heavy (non-hydrogen) atoms. The molecule has 0 spiro atoms. The van der Waals surface area contributed by atoms with E-state index in [0.29, 0.717) is 56.3 Å². The summed E-state index contributed by atoms with van der Waals surface area (Å²) >= 11 is 0. The normalized spacial score (nSPS) is 23.9. The minimum absolute atomic E-state index is 0.0197. The zero-order valence-electron chi connectivity index (χ0n) is 23.8. The maximum Gasteiger partial charge on any atom is 0.308 e. The van der Waals surface area contributed by atoms with E-state index in [1.54, 1.807) is 12.1 Å². The Balaban J connectivity index is 1.63. The number of methoxy groups -OCH3 is 1. The van der Waals surface area contributed by atoms with Crippen LogP contribution in [0.15, 0.2) is 12.1 Å². The van der Waals surface area contributed by atoms with Crippen LogP contribution in [0.25, 0.3) is 0 Å². The summed E-state index contributed by atoms with van der Waals surface area (Å²) in [5.74, 6) is -0.718. The molecule has 3 aliphatic rings.